The normalized spacial score (nSPS) is 16.6. The first-order valence-electron chi connectivity index (χ1n) is 6.33. The summed E-state index contributed by atoms with van der Waals surface area (Å²) in [4.78, 5) is 12.3. The van der Waals surface area contributed by atoms with Gasteiger partial charge in [0.25, 0.3) is 0 Å². The Morgan fingerprint density at radius 2 is 1.95 bits per heavy atom. The molecule has 2 nitrogen and oxygen atoms in total. The first kappa shape index (κ1) is 12.8. The summed E-state index contributed by atoms with van der Waals surface area (Å²) in [6.45, 7) is 0.307. The van der Waals surface area contributed by atoms with Crippen molar-refractivity contribution in [3.63, 3.8) is 0 Å². The van der Waals surface area contributed by atoms with Gasteiger partial charge in [0.2, 0.25) is 0 Å². The number of ether oxygens (including phenoxy) is 1. The molecule has 0 amide bonds. The molecule has 0 fully saturated rings. The molecule has 0 saturated heterocycles. The van der Waals surface area contributed by atoms with E-state index >= 15 is 0 Å². The lowest BCUT2D eigenvalue weighted by Crippen LogP contribution is -2.16. The van der Waals surface area contributed by atoms with Crippen molar-refractivity contribution in [1.82, 2.24) is 0 Å². The number of halogens is 2. The zero-order chi connectivity index (χ0) is 14.1. The van der Waals surface area contributed by atoms with Crippen LogP contribution in [0, 0.1) is 11.6 Å². The number of carbonyl (C=O) groups is 1. The van der Waals surface area contributed by atoms with E-state index in [2.05, 4.69) is 0 Å². The largest absolute Gasteiger partial charge is 0.492 e. The highest BCUT2D eigenvalue weighted by Gasteiger charge is 2.29. The standard InChI is InChI=1S/C16H12F2O2/c17-13-6-5-10(7-14(13)18)8-15(19)12-9-20-16-4-2-1-3-11(12)16/h1-7,12H,8-9H2. The molecule has 0 aliphatic carbocycles. The summed E-state index contributed by atoms with van der Waals surface area (Å²) in [7, 11) is 0. The van der Waals surface area contributed by atoms with Gasteiger partial charge >= 0.3 is 0 Å². The van der Waals surface area contributed by atoms with Crippen LogP contribution in [-0.2, 0) is 11.2 Å². The fourth-order valence-electron chi connectivity index (χ4n) is 2.40. The number of rotatable bonds is 3. The summed E-state index contributed by atoms with van der Waals surface area (Å²) in [5, 5.41) is 0. The molecule has 1 aliphatic heterocycles. The topological polar surface area (TPSA) is 26.3 Å². The molecule has 2 aromatic carbocycles. The molecular weight excluding hydrogens is 262 g/mol. The van der Waals surface area contributed by atoms with Crippen LogP contribution in [0.1, 0.15) is 17.0 Å². The number of hydrogen-bond donors (Lipinski definition) is 0. The molecule has 0 aromatic heterocycles. The SMILES string of the molecule is O=C(Cc1ccc(F)c(F)c1)C1COc2ccccc21. The molecule has 0 saturated carbocycles. The Labute approximate surface area is 115 Å². The minimum absolute atomic E-state index is 0.0547. The van der Waals surface area contributed by atoms with Gasteiger partial charge in [-0.25, -0.2) is 8.78 Å². The van der Waals surface area contributed by atoms with E-state index in [0.29, 0.717) is 12.2 Å². The molecule has 4 heteroatoms. The Bertz CT molecular complexity index is 667. The summed E-state index contributed by atoms with van der Waals surface area (Å²) in [6, 6.07) is 10.9. The summed E-state index contributed by atoms with van der Waals surface area (Å²) < 4.78 is 31.4. The second-order valence-electron chi connectivity index (χ2n) is 4.79. The van der Waals surface area contributed by atoms with Crippen molar-refractivity contribution in [3.05, 3.63) is 65.2 Å². The van der Waals surface area contributed by atoms with E-state index in [9.17, 15) is 13.6 Å². The highest BCUT2D eigenvalue weighted by molar-refractivity contribution is 5.89. The number of ketones is 1. The van der Waals surface area contributed by atoms with Gasteiger partial charge in [-0.05, 0) is 23.8 Å². The van der Waals surface area contributed by atoms with Crippen molar-refractivity contribution < 1.29 is 18.3 Å². The Morgan fingerprint density at radius 1 is 1.15 bits per heavy atom. The van der Waals surface area contributed by atoms with Gasteiger partial charge in [-0.2, -0.15) is 0 Å². The quantitative estimate of drug-likeness (QED) is 0.858. The molecule has 3 rings (SSSR count). The number of hydrogen-bond acceptors (Lipinski definition) is 2. The highest BCUT2D eigenvalue weighted by Crippen LogP contribution is 2.34. The highest BCUT2D eigenvalue weighted by atomic mass is 19.2. The second kappa shape index (κ2) is 5.04. The maximum Gasteiger partial charge on any atom is 0.159 e. The molecule has 0 radical (unpaired) electrons. The van der Waals surface area contributed by atoms with E-state index in [-0.39, 0.29) is 18.1 Å². The van der Waals surface area contributed by atoms with Crippen molar-refractivity contribution >= 4 is 5.78 Å². The molecule has 0 N–H and O–H groups in total. The van der Waals surface area contributed by atoms with Crippen LogP contribution in [0.5, 0.6) is 5.75 Å². The van der Waals surface area contributed by atoms with Crippen molar-refractivity contribution in [2.24, 2.45) is 0 Å². The second-order valence-corrected chi connectivity index (χ2v) is 4.79. The van der Waals surface area contributed by atoms with E-state index in [4.69, 9.17) is 4.74 Å². The van der Waals surface area contributed by atoms with Gasteiger partial charge in [0.15, 0.2) is 11.6 Å². The van der Waals surface area contributed by atoms with Crippen molar-refractivity contribution in [2.45, 2.75) is 12.3 Å². The maximum absolute atomic E-state index is 13.1. The molecule has 0 bridgehead atoms. The predicted octanol–water partition coefficient (Wildman–Crippen LogP) is 3.25. The smallest absolute Gasteiger partial charge is 0.159 e. The van der Waals surface area contributed by atoms with Crippen molar-refractivity contribution in [3.8, 4) is 5.75 Å². The number of fused-ring (bicyclic) bond motifs is 1. The molecule has 0 spiro atoms. The van der Waals surface area contributed by atoms with E-state index < -0.39 is 11.6 Å². The Balaban J connectivity index is 1.79. The van der Waals surface area contributed by atoms with Gasteiger partial charge in [-0.15, -0.1) is 0 Å². The fourth-order valence-corrected chi connectivity index (χ4v) is 2.40. The minimum Gasteiger partial charge on any atom is -0.492 e. The number of benzene rings is 2. The van der Waals surface area contributed by atoms with Gasteiger partial charge in [-0.3, -0.25) is 4.79 Å². The maximum atomic E-state index is 13.1. The average molecular weight is 274 g/mol. The summed E-state index contributed by atoms with van der Waals surface area (Å²) in [5.41, 5.74) is 1.33. The third-order valence-corrected chi connectivity index (χ3v) is 3.45. The van der Waals surface area contributed by atoms with Crippen LogP contribution in [0.15, 0.2) is 42.5 Å². The summed E-state index contributed by atoms with van der Waals surface area (Å²) in [5.74, 6) is -1.51. The molecule has 1 heterocycles. The van der Waals surface area contributed by atoms with Gasteiger partial charge in [0.05, 0.1) is 5.92 Å². The lowest BCUT2D eigenvalue weighted by atomic mass is 9.93. The first-order valence-corrected chi connectivity index (χ1v) is 6.33. The molecule has 1 atom stereocenters. The van der Waals surface area contributed by atoms with Gasteiger partial charge < -0.3 is 4.74 Å². The Morgan fingerprint density at radius 3 is 2.75 bits per heavy atom. The van der Waals surface area contributed by atoms with Crippen molar-refractivity contribution in [1.29, 1.82) is 0 Å². The molecule has 2 aromatic rings. The molecule has 1 aliphatic rings. The number of carbonyl (C=O) groups excluding carboxylic acids is 1. The predicted molar refractivity (Wildman–Crippen MR) is 69.7 cm³/mol. The molecule has 102 valence electrons. The van der Waals surface area contributed by atoms with E-state index in [1.165, 1.54) is 6.07 Å². The fraction of sp³-hybridized carbons (Fsp3) is 0.188. The third kappa shape index (κ3) is 2.29. The number of para-hydroxylation sites is 1. The number of Topliss-reactive ketones (excluding diaryl/α,β-unsaturated/α-hetero) is 1. The van der Waals surface area contributed by atoms with E-state index in [1.54, 1.807) is 0 Å². The first-order chi connectivity index (χ1) is 9.65. The van der Waals surface area contributed by atoms with Crippen LogP contribution in [0.25, 0.3) is 0 Å². The minimum atomic E-state index is -0.932. The molecule has 20 heavy (non-hydrogen) atoms. The van der Waals surface area contributed by atoms with Crippen LogP contribution in [0.4, 0.5) is 8.78 Å². The molecular formula is C16H12F2O2. The van der Waals surface area contributed by atoms with E-state index in [0.717, 1.165) is 23.4 Å². The van der Waals surface area contributed by atoms with Crippen LogP contribution >= 0.6 is 0 Å². The summed E-state index contributed by atoms with van der Waals surface area (Å²) >= 11 is 0. The Hall–Kier alpha value is -2.23. The van der Waals surface area contributed by atoms with Gasteiger partial charge in [-0.1, -0.05) is 24.3 Å². The zero-order valence-electron chi connectivity index (χ0n) is 10.6. The zero-order valence-corrected chi connectivity index (χ0v) is 10.6. The van der Waals surface area contributed by atoms with Crippen LogP contribution < -0.4 is 4.74 Å². The summed E-state index contributed by atoms with van der Waals surface area (Å²) in [6.07, 6.45) is 0.0690. The van der Waals surface area contributed by atoms with Crippen LogP contribution in [0.2, 0.25) is 0 Å². The van der Waals surface area contributed by atoms with Crippen molar-refractivity contribution in [2.75, 3.05) is 6.61 Å². The monoisotopic (exact) mass is 274 g/mol. The van der Waals surface area contributed by atoms with E-state index in [1.807, 2.05) is 24.3 Å². The third-order valence-electron chi connectivity index (χ3n) is 3.45. The van der Waals surface area contributed by atoms with Gasteiger partial charge in [0.1, 0.15) is 18.1 Å². The Kier molecular flexibility index (Phi) is 3.22. The average Bonchev–Trinajstić information content (AvgIpc) is 2.87. The lowest BCUT2D eigenvalue weighted by molar-refractivity contribution is -0.120. The van der Waals surface area contributed by atoms with Crippen LogP contribution in [-0.4, -0.2) is 12.4 Å². The van der Waals surface area contributed by atoms with Crippen LogP contribution in [0.3, 0.4) is 0 Å². The van der Waals surface area contributed by atoms with Gasteiger partial charge in [0, 0.05) is 12.0 Å². The molecule has 1 unspecified atom stereocenters. The lowest BCUT2D eigenvalue weighted by Gasteiger charge is -2.08.